The number of aliphatic hydroxyl groups is 1. The summed E-state index contributed by atoms with van der Waals surface area (Å²) >= 11 is 0. The molecule has 2 unspecified atom stereocenters. The van der Waals surface area contributed by atoms with Crippen LogP contribution in [0.4, 0.5) is 0 Å². The number of fused-ring (bicyclic) bond motifs is 1. The minimum atomic E-state index is -1.96. The number of benzene rings is 1. The van der Waals surface area contributed by atoms with Crippen LogP contribution in [0.2, 0.25) is 0 Å². The van der Waals surface area contributed by atoms with Gasteiger partial charge in [0.15, 0.2) is 5.60 Å². The van der Waals surface area contributed by atoms with Crippen LogP contribution in [0.3, 0.4) is 0 Å². The minimum Gasteiger partial charge on any atom is -0.463 e. The summed E-state index contributed by atoms with van der Waals surface area (Å²) in [7, 11) is 0. The molecule has 1 N–H and O–H groups in total. The van der Waals surface area contributed by atoms with Gasteiger partial charge in [0, 0.05) is 12.5 Å². The average Bonchev–Trinajstić information content (AvgIpc) is 3.40. The molecule has 3 rings (SSSR count). The van der Waals surface area contributed by atoms with Gasteiger partial charge in [0.1, 0.15) is 12.2 Å². The largest absolute Gasteiger partial charge is 0.463 e. The fourth-order valence-corrected chi connectivity index (χ4v) is 4.56. The van der Waals surface area contributed by atoms with Crippen molar-refractivity contribution in [3.8, 4) is 0 Å². The molecule has 2 fully saturated rings. The second-order valence-corrected chi connectivity index (χ2v) is 9.69. The van der Waals surface area contributed by atoms with Gasteiger partial charge in [-0.1, -0.05) is 44.2 Å². The van der Waals surface area contributed by atoms with Crippen molar-refractivity contribution in [2.45, 2.75) is 77.2 Å². The molecule has 0 amide bonds. The predicted octanol–water partition coefficient (Wildman–Crippen LogP) is 2.51. The van der Waals surface area contributed by atoms with Gasteiger partial charge in [-0.2, -0.15) is 0 Å². The third-order valence-corrected chi connectivity index (χ3v) is 7.19. The zero-order valence-electron chi connectivity index (χ0n) is 20.6. The fraction of sp³-hybridized carbons (Fsp3) is 0.654. The SMILES string of the molecule is CCC(C)C(=O)O[C@@H](C)[C@](C)(O)C(=O)OC[C@H]1CCN2CC[C@@H](OC(=O)Cc3ccccc3)C12. The number of carbonyl (C=O) groups is 3. The molecule has 0 spiro atoms. The maximum absolute atomic E-state index is 12.7. The van der Waals surface area contributed by atoms with Crippen LogP contribution in [0.1, 0.15) is 52.5 Å². The normalized spacial score (nSPS) is 25.6. The van der Waals surface area contributed by atoms with Crippen LogP contribution >= 0.6 is 0 Å². The molecule has 34 heavy (non-hydrogen) atoms. The van der Waals surface area contributed by atoms with Gasteiger partial charge in [-0.3, -0.25) is 14.5 Å². The van der Waals surface area contributed by atoms with Gasteiger partial charge < -0.3 is 19.3 Å². The number of hydrogen-bond acceptors (Lipinski definition) is 8. The highest BCUT2D eigenvalue weighted by atomic mass is 16.6. The summed E-state index contributed by atoms with van der Waals surface area (Å²) in [5, 5.41) is 10.7. The quantitative estimate of drug-likeness (QED) is 0.407. The van der Waals surface area contributed by atoms with Crippen LogP contribution in [0, 0.1) is 11.8 Å². The average molecular weight is 476 g/mol. The molecule has 0 bridgehead atoms. The van der Waals surface area contributed by atoms with E-state index in [9.17, 15) is 19.5 Å². The summed E-state index contributed by atoms with van der Waals surface area (Å²) in [4.78, 5) is 39.5. The smallest absolute Gasteiger partial charge is 0.341 e. The van der Waals surface area contributed by atoms with Gasteiger partial charge in [-0.05, 0) is 45.2 Å². The third-order valence-electron chi connectivity index (χ3n) is 7.19. The highest BCUT2D eigenvalue weighted by Gasteiger charge is 2.47. The van der Waals surface area contributed by atoms with E-state index in [4.69, 9.17) is 14.2 Å². The van der Waals surface area contributed by atoms with Gasteiger partial charge in [-0.25, -0.2) is 4.79 Å². The zero-order valence-corrected chi connectivity index (χ0v) is 20.6. The molecule has 6 atom stereocenters. The van der Waals surface area contributed by atoms with E-state index in [-0.39, 0.29) is 43.0 Å². The van der Waals surface area contributed by atoms with Gasteiger partial charge in [-0.15, -0.1) is 0 Å². The standard InChI is InChI=1S/C26H37NO7/c1-5-17(2)24(29)33-18(3)26(4,31)25(30)32-16-20-11-13-27-14-12-21(23(20)27)34-22(28)15-19-9-7-6-8-10-19/h6-10,17-18,20-21,23,31H,5,11-16H2,1-4H3/t17?,18-,20+,21+,23?,26-/m0/s1. The topological polar surface area (TPSA) is 102 Å². The zero-order chi connectivity index (χ0) is 24.9. The first kappa shape index (κ1) is 26.2. The summed E-state index contributed by atoms with van der Waals surface area (Å²) in [6.45, 7) is 8.17. The van der Waals surface area contributed by atoms with E-state index in [0.717, 1.165) is 31.5 Å². The number of esters is 3. The lowest BCUT2D eigenvalue weighted by Gasteiger charge is -2.30. The molecule has 8 nitrogen and oxygen atoms in total. The van der Waals surface area contributed by atoms with Crippen molar-refractivity contribution in [3.05, 3.63) is 35.9 Å². The van der Waals surface area contributed by atoms with Crippen molar-refractivity contribution < 1.29 is 33.7 Å². The molecular weight excluding hydrogens is 438 g/mol. The summed E-state index contributed by atoms with van der Waals surface area (Å²) < 4.78 is 16.6. The number of nitrogens with zero attached hydrogens (tertiary/aromatic N) is 1. The molecule has 2 aliphatic rings. The molecule has 1 aromatic carbocycles. The maximum Gasteiger partial charge on any atom is 0.341 e. The summed E-state index contributed by atoms with van der Waals surface area (Å²) in [5.41, 5.74) is -1.05. The van der Waals surface area contributed by atoms with Gasteiger partial charge in [0.05, 0.1) is 25.0 Å². The van der Waals surface area contributed by atoms with E-state index in [1.54, 1.807) is 6.92 Å². The van der Waals surface area contributed by atoms with Crippen LogP contribution < -0.4 is 0 Å². The number of carbonyl (C=O) groups excluding carboxylic acids is 3. The molecule has 2 aliphatic heterocycles. The van der Waals surface area contributed by atoms with E-state index in [0.29, 0.717) is 6.42 Å². The molecule has 8 heteroatoms. The second kappa shape index (κ2) is 11.3. The number of ether oxygens (including phenoxy) is 3. The molecule has 2 saturated heterocycles. The number of rotatable bonds is 10. The Labute approximate surface area is 201 Å². The van der Waals surface area contributed by atoms with Crippen LogP contribution in [0.15, 0.2) is 30.3 Å². The van der Waals surface area contributed by atoms with Gasteiger partial charge in [0.25, 0.3) is 0 Å². The molecular formula is C26H37NO7. The Morgan fingerprint density at radius 2 is 1.82 bits per heavy atom. The van der Waals surface area contributed by atoms with E-state index in [1.807, 2.05) is 37.3 Å². The Kier molecular flexibility index (Phi) is 8.71. The molecule has 2 heterocycles. The van der Waals surface area contributed by atoms with Crippen LogP contribution in [-0.4, -0.2) is 71.5 Å². The van der Waals surface area contributed by atoms with Crippen molar-refractivity contribution in [1.29, 1.82) is 0 Å². The first-order chi connectivity index (χ1) is 16.1. The molecule has 188 valence electrons. The number of hydrogen-bond donors (Lipinski definition) is 1. The molecule has 1 aromatic rings. The Hall–Kier alpha value is -2.45. The fourth-order valence-electron chi connectivity index (χ4n) is 4.56. The second-order valence-electron chi connectivity index (χ2n) is 9.69. The van der Waals surface area contributed by atoms with E-state index in [1.165, 1.54) is 13.8 Å². The third kappa shape index (κ3) is 6.16. The molecule has 0 radical (unpaired) electrons. The Morgan fingerprint density at radius 1 is 1.15 bits per heavy atom. The van der Waals surface area contributed by atoms with Crippen molar-refractivity contribution in [1.82, 2.24) is 4.90 Å². The van der Waals surface area contributed by atoms with Crippen molar-refractivity contribution in [3.63, 3.8) is 0 Å². The van der Waals surface area contributed by atoms with Crippen LogP contribution in [-0.2, 0) is 35.0 Å². The monoisotopic (exact) mass is 475 g/mol. The summed E-state index contributed by atoms with van der Waals surface area (Å²) in [6.07, 6.45) is 1.09. The first-order valence-electron chi connectivity index (χ1n) is 12.2. The van der Waals surface area contributed by atoms with E-state index >= 15 is 0 Å². The lowest BCUT2D eigenvalue weighted by Crippen LogP contribution is -2.49. The van der Waals surface area contributed by atoms with Crippen LogP contribution in [0.25, 0.3) is 0 Å². The molecule has 0 aromatic heterocycles. The van der Waals surface area contributed by atoms with Crippen molar-refractivity contribution in [2.24, 2.45) is 11.8 Å². The molecule has 0 saturated carbocycles. The summed E-state index contributed by atoms with van der Waals surface area (Å²) in [6, 6.07) is 9.46. The molecule has 0 aliphatic carbocycles. The highest BCUT2D eigenvalue weighted by molar-refractivity contribution is 5.80. The van der Waals surface area contributed by atoms with Gasteiger partial charge >= 0.3 is 17.9 Å². The van der Waals surface area contributed by atoms with Gasteiger partial charge in [0.2, 0.25) is 0 Å². The Morgan fingerprint density at radius 3 is 2.50 bits per heavy atom. The van der Waals surface area contributed by atoms with Crippen molar-refractivity contribution in [2.75, 3.05) is 19.7 Å². The maximum atomic E-state index is 12.7. The Bertz CT molecular complexity index is 856. The van der Waals surface area contributed by atoms with Crippen molar-refractivity contribution >= 4 is 17.9 Å². The highest BCUT2D eigenvalue weighted by Crippen LogP contribution is 2.35. The van der Waals surface area contributed by atoms with E-state index < -0.39 is 23.6 Å². The predicted molar refractivity (Wildman–Crippen MR) is 125 cm³/mol. The lowest BCUT2D eigenvalue weighted by atomic mass is 9.96. The van der Waals surface area contributed by atoms with Crippen LogP contribution in [0.5, 0.6) is 0 Å². The first-order valence-corrected chi connectivity index (χ1v) is 12.2. The minimum absolute atomic E-state index is 0.00487. The summed E-state index contributed by atoms with van der Waals surface area (Å²) in [5.74, 6) is -1.87. The Balaban J connectivity index is 1.53. The van der Waals surface area contributed by atoms with E-state index in [2.05, 4.69) is 4.90 Å². The lowest BCUT2D eigenvalue weighted by molar-refractivity contribution is -0.186.